The van der Waals surface area contributed by atoms with Gasteiger partial charge in [0.15, 0.2) is 0 Å². The number of halogens is 1. The lowest BCUT2D eigenvalue weighted by Crippen LogP contribution is -1.95. The molecule has 2 N–H and O–H groups in total. The van der Waals surface area contributed by atoms with E-state index in [9.17, 15) is 0 Å². The number of anilines is 1. The molecule has 3 rings (SSSR count). The molecule has 0 unspecified atom stereocenters. The molecule has 1 aromatic heterocycles. The van der Waals surface area contributed by atoms with Gasteiger partial charge in [-0.3, -0.25) is 4.98 Å². The highest BCUT2D eigenvalue weighted by Crippen LogP contribution is 2.42. The quantitative estimate of drug-likeness (QED) is 0.769. The van der Waals surface area contributed by atoms with Crippen molar-refractivity contribution in [3.8, 4) is 16.9 Å². The zero-order chi connectivity index (χ0) is 14.1. The van der Waals surface area contributed by atoms with Crippen molar-refractivity contribution in [2.24, 2.45) is 0 Å². The summed E-state index contributed by atoms with van der Waals surface area (Å²) in [6.07, 6.45) is 3.35. The Kier molecular flexibility index (Phi) is 3.20. The van der Waals surface area contributed by atoms with E-state index in [0.29, 0.717) is 16.5 Å². The average Bonchev–Trinajstić information content (AvgIpc) is 2.48. The van der Waals surface area contributed by atoms with Crippen LogP contribution in [0, 0.1) is 0 Å². The number of methoxy groups -OCH3 is 1. The average molecular weight is 285 g/mol. The molecule has 3 aromatic rings. The van der Waals surface area contributed by atoms with Crippen LogP contribution in [0.15, 0.2) is 48.8 Å². The molecule has 0 radical (unpaired) electrons. The molecule has 0 aliphatic heterocycles. The summed E-state index contributed by atoms with van der Waals surface area (Å²) in [4.78, 5) is 4.03. The fourth-order valence-electron chi connectivity index (χ4n) is 2.38. The van der Waals surface area contributed by atoms with Crippen molar-refractivity contribution >= 4 is 28.1 Å². The molecule has 3 nitrogen and oxygen atoms in total. The molecule has 0 saturated carbocycles. The Hall–Kier alpha value is -2.26. The third-order valence-corrected chi connectivity index (χ3v) is 3.61. The molecule has 20 heavy (non-hydrogen) atoms. The van der Waals surface area contributed by atoms with E-state index in [1.54, 1.807) is 19.5 Å². The SMILES string of the molecule is COc1cc(Cl)c2ccccc2c1-c1ccncc1N. The van der Waals surface area contributed by atoms with Crippen LogP contribution in [-0.2, 0) is 0 Å². The van der Waals surface area contributed by atoms with Crippen molar-refractivity contribution in [2.45, 2.75) is 0 Å². The van der Waals surface area contributed by atoms with Crippen molar-refractivity contribution < 1.29 is 4.74 Å². The number of ether oxygens (including phenoxy) is 1. The van der Waals surface area contributed by atoms with E-state index in [4.69, 9.17) is 22.1 Å². The van der Waals surface area contributed by atoms with Gasteiger partial charge in [-0.05, 0) is 11.5 Å². The number of benzene rings is 2. The molecule has 0 spiro atoms. The van der Waals surface area contributed by atoms with Crippen molar-refractivity contribution in [3.63, 3.8) is 0 Å². The second-order valence-electron chi connectivity index (χ2n) is 4.44. The van der Waals surface area contributed by atoms with Gasteiger partial charge < -0.3 is 10.5 Å². The van der Waals surface area contributed by atoms with Crippen LogP contribution in [0.25, 0.3) is 21.9 Å². The fraction of sp³-hybridized carbons (Fsp3) is 0.0625. The number of nitrogens with two attached hydrogens (primary N) is 1. The highest BCUT2D eigenvalue weighted by atomic mass is 35.5. The molecule has 0 aliphatic rings. The van der Waals surface area contributed by atoms with Crippen molar-refractivity contribution in [1.82, 2.24) is 4.98 Å². The van der Waals surface area contributed by atoms with E-state index in [1.807, 2.05) is 36.4 Å². The van der Waals surface area contributed by atoms with E-state index < -0.39 is 0 Å². The second-order valence-corrected chi connectivity index (χ2v) is 4.85. The maximum atomic E-state index is 6.32. The molecule has 100 valence electrons. The fourth-order valence-corrected chi connectivity index (χ4v) is 2.64. The first-order chi connectivity index (χ1) is 9.72. The molecular formula is C16H13ClN2O. The molecule has 0 bridgehead atoms. The molecule has 0 aliphatic carbocycles. The van der Waals surface area contributed by atoms with Crippen LogP contribution in [0.3, 0.4) is 0 Å². The monoisotopic (exact) mass is 284 g/mol. The summed E-state index contributed by atoms with van der Waals surface area (Å²) in [5.74, 6) is 0.701. The predicted molar refractivity (Wildman–Crippen MR) is 83.2 cm³/mol. The standard InChI is InChI=1S/C16H13ClN2O/c1-20-15-8-13(17)10-4-2-3-5-11(10)16(15)12-6-7-19-9-14(12)18/h2-9H,18H2,1H3. The molecule has 0 fully saturated rings. The Bertz CT molecular complexity index is 787. The third-order valence-electron chi connectivity index (χ3n) is 3.30. The van der Waals surface area contributed by atoms with E-state index >= 15 is 0 Å². The maximum Gasteiger partial charge on any atom is 0.128 e. The van der Waals surface area contributed by atoms with Crippen molar-refractivity contribution in [2.75, 3.05) is 12.8 Å². The summed E-state index contributed by atoms with van der Waals surface area (Å²) >= 11 is 6.32. The zero-order valence-corrected chi connectivity index (χ0v) is 11.7. The van der Waals surface area contributed by atoms with E-state index in [1.165, 1.54) is 0 Å². The molecule has 4 heteroatoms. The summed E-state index contributed by atoms with van der Waals surface area (Å²) in [7, 11) is 1.63. The highest BCUT2D eigenvalue weighted by Gasteiger charge is 2.15. The van der Waals surface area contributed by atoms with Crippen molar-refractivity contribution in [1.29, 1.82) is 0 Å². The van der Waals surface area contributed by atoms with Crippen LogP contribution in [-0.4, -0.2) is 12.1 Å². The lowest BCUT2D eigenvalue weighted by atomic mass is 9.97. The minimum atomic E-state index is 0.610. The molecule has 0 atom stereocenters. The normalized spacial score (nSPS) is 10.7. The van der Waals surface area contributed by atoms with E-state index in [2.05, 4.69) is 4.98 Å². The van der Waals surface area contributed by atoms with Gasteiger partial charge in [0.05, 0.1) is 24.0 Å². The second kappa shape index (κ2) is 5.02. The van der Waals surface area contributed by atoms with Gasteiger partial charge >= 0.3 is 0 Å². The van der Waals surface area contributed by atoms with Gasteiger partial charge in [0.1, 0.15) is 5.75 Å². The number of nitrogens with zero attached hydrogens (tertiary/aromatic N) is 1. The number of pyridine rings is 1. The van der Waals surface area contributed by atoms with Gasteiger partial charge in [-0.1, -0.05) is 35.9 Å². The first kappa shape index (κ1) is 12.8. The summed E-state index contributed by atoms with van der Waals surface area (Å²) in [6, 6.07) is 11.6. The Morgan fingerprint density at radius 1 is 1.15 bits per heavy atom. The van der Waals surface area contributed by atoms with Crippen LogP contribution in [0.4, 0.5) is 5.69 Å². The largest absolute Gasteiger partial charge is 0.496 e. The Morgan fingerprint density at radius 2 is 1.90 bits per heavy atom. The zero-order valence-electron chi connectivity index (χ0n) is 10.9. The number of fused-ring (bicyclic) bond motifs is 1. The summed E-state index contributed by atoms with van der Waals surface area (Å²) in [6.45, 7) is 0. The summed E-state index contributed by atoms with van der Waals surface area (Å²) < 4.78 is 5.48. The van der Waals surface area contributed by atoms with Gasteiger partial charge in [-0.2, -0.15) is 0 Å². The minimum absolute atomic E-state index is 0.610. The Labute approximate surface area is 122 Å². The number of hydrogen-bond donors (Lipinski definition) is 1. The minimum Gasteiger partial charge on any atom is -0.496 e. The van der Waals surface area contributed by atoms with Gasteiger partial charge in [-0.25, -0.2) is 0 Å². The number of aromatic nitrogens is 1. The summed E-state index contributed by atoms with van der Waals surface area (Å²) in [5, 5.41) is 2.64. The third kappa shape index (κ3) is 1.96. The van der Waals surface area contributed by atoms with Gasteiger partial charge in [0, 0.05) is 28.8 Å². The van der Waals surface area contributed by atoms with Crippen LogP contribution < -0.4 is 10.5 Å². The van der Waals surface area contributed by atoms with E-state index in [0.717, 1.165) is 21.9 Å². The lowest BCUT2D eigenvalue weighted by molar-refractivity contribution is 0.417. The Morgan fingerprint density at radius 3 is 2.60 bits per heavy atom. The van der Waals surface area contributed by atoms with E-state index in [-0.39, 0.29) is 0 Å². The topological polar surface area (TPSA) is 48.1 Å². The Balaban J connectivity index is 2.45. The van der Waals surface area contributed by atoms with Gasteiger partial charge in [0.25, 0.3) is 0 Å². The molecule has 2 aromatic carbocycles. The predicted octanol–water partition coefficient (Wildman–Crippen LogP) is 4.15. The van der Waals surface area contributed by atoms with Crippen LogP contribution in [0.2, 0.25) is 5.02 Å². The van der Waals surface area contributed by atoms with Crippen LogP contribution >= 0.6 is 11.6 Å². The van der Waals surface area contributed by atoms with Gasteiger partial charge in [-0.15, -0.1) is 0 Å². The number of hydrogen-bond acceptors (Lipinski definition) is 3. The van der Waals surface area contributed by atoms with Crippen LogP contribution in [0.5, 0.6) is 5.75 Å². The van der Waals surface area contributed by atoms with Crippen molar-refractivity contribution in [3.05, 3.63) is 53.8 Å². The number of rotatable bonds is 2. The molecule has 1 heterocycles. The first-order valence-electron chi connectivity index (χ1n) is 6.17. The molecular weight excluding hydrogens is 272 g/mol. The van der Waals surface area contributed by atoms with Gasteiger partial charge in [0.2, 0.25) is 0 Å². The molecule has 0 saturated heterocycles. The highest BCUT2D eigenvalue weighted by molar-refractivity contribution is 6.36. The number of nitrogen functional groups attached to an aromatic ring is 1. The smallest absolute Gasteiger partial charge is 0.128 e. The van der Waals surface area contributed by atoms with Crippen LogP contribution in [0.1, 0.15) is 0 Å². The summed E-state index contributed by atoms with van der Waals surface area (Å²) in [5.41, 5.74) is 8.49. The molecule has 0 amide bonds. The first-order valence-corrected chi connectivity index (χ1v) is 6.55. The lowest BCUT2D eigenvalue weighted by Gasteiger charge is -2.15. The maximum absolute atomic E-state index is 6.32.